The molecule has 0 radical (unpaired) electrons. The predicted molar refractivity (Wildman–Crippen MR) is 91.8 cm³/mol. The van der Waals surface area contributed by atoms with Gasteiger partial charge in [0, 0.05) is 19.2 Å². The molecule has 0 amide bonds. The van der Waals surface area contributed by atoms with Crippen LogP contribution >= 0.6 is 0 Å². The monoisotopic (exact) mass is 341 g/mol. The Morgan fingerprint density at radius 2 is 2.24 bits per heavy atom. The maximum atomic E-state index is 9.17. The molecule has 0 aliphatic carbocycles. The molecule has 1 atom stereocenters. The number of nitrogens with zero attached hydrogens (tertiary/aromatic N) is 4. The summed E-state index contributed by atoms with van der Waals surface area (Å²) in [6.45, 7) is 2.11. The zero-order valence-electron chi connectivity index (χ0n) is 14.7. The topological polar surface area (TPSA) is 87.1 Å². The zero-order valence-corrected chi connectivity index (χ0v) is 14.7. The molecule has 0 spiro atoms. The van der Waals surface area contributed by atoms with Crippen molar-refractivity contribution in [3.05, 3.63) is 41.0 Å². The number of hydrogen-bond acceptors (Lipinski definition) is 6. The van der Waals surface area contributed by atoms with Crippen molar-refractivity contribution >= 4 is 0 Å². The zero-order chi connectivity index (χ0) is 17.6. The van der Waals surface area contributed by atoms with Gasteiger partial charge in [-0.05, 0) is 37.6 Å². The molecule has 1 aliphatic rings. The second-order valence-electron chi connectivity index (χ2n) is 6.19. The Morgan fingerprint density at radius 1 is 1.36 bits per heavy atom. The van der Waals surface area contributed by atoms with Crippen LogP contribution in [0.1, 0.15) is 48.1 Å². The fourth-order valence-corrected chi connectivity index (χ4v) is 3.32. The normalized spacial score (nSPS) is 18.0. The minimum atomic E-state index is 0.158. The van der Waals surface area contributed by atoms with E-state index in [1.54, 1.807) is 20.3 Å². The molecule has 2 heterocycles. The molecule has 1 saturated heterocycles. The van der Waals surface area contributed by atoms with Crippen LogP contribution in [0.4, 0.5) is 0 Å². The summed E-state index contributed by atoms with van der Waals surface area (Å²) >= 11 is 0. The van der Waals surface area contributed by atoms with Crippen molar-refractivity contribution in [3.63, 3.8) is 0 Å². The molecule has 7 heteroatoms. The molecule has 1 aromatic heterocycles. The predicted octanol–water partition coefficient (Wildman–Crippen LogP) is 2.56. The average Bonchev–Trinajstić information content (AvgIpc) is 3.11. The third-order valence-corrected chi connectivity index (χ3v) is 4.52. The van der Waals surface area contributed by atoms with Gasteiger partial charge in [-0.1, -0.05) is 6.42 Å². The van der Waals surface area contributed by atoms with Crippen molar-refractivity contribution in [2.24, 2.45) is 0 Å². The quantitative estimate of drug-likeness (QED) is 0.869. The second-order valence-corrected chi connectivity index (χ2v) is 6.19. The van der Waals surface area contributed by atoms with E-state index >= 15 is 0 Å². The number of likely N-dealkylation sites (tertiary alicyclic amines) is 1. The van der Waals surface area contributed by atoms with Crippen LogP contribution < -0.4 is 4.74 Å². The van der Waals surface area contributed by atoms with E-state index in [1.165, 1.54) is 0 Å². The van der Waals surface area contributed by atoms with Crippen molar-refractivity contribution in [2.45, 2.75) is 38.5 Å². The van der Waals surface area contributed by atoms with Crippen molar-refractivity contribution in [3.8, 4) is 11.8 Å². The van der Waals surface area contributed by atoms with Crippen molar-refractivity contribution in [2.75, 3.05) is 20.8 Å². The molecule has 0 bridgehead atoms. The number of nitriles is 1. The minimum absolute atomic E-state index is 0.158. The molecule has 3 rings (SSSR count). The number of hydrogen-bond donors (Lipinski definition) is 1. The van der Waals surface area contributed by atoms with Gasteiger partial charge in [-0.25, -0.2) is 4.98 Å². The van der Waals surface area contributed by atoms with E-state index in [4.69, 9.17) is 9.47 Å². The highest BCUT2D eigenvalue weighted by Gasteiger charge is 2.28. The summed E-state index contributed by atoms with van der Waals surface area (Å²) in [6.07, 6.45) is 3.32. The highest BCUT2D eigenvalue weighted by molar-refractivity contribution is 5.42. The lowest BCUT2D eigenvalue weighted by Crippen LogP contribution is -2.33. The second kappa shape index (κ2) is 8.10. The van der Waals surface area contributed by atoms with Crippen molar-refractivity contribution in [1.29, 1.82) is 5.26 Å². The third-order valence-electron chi connectivity index (χ3n) is 4.52. The fraction of sp³-hybridized carbons (Fsp3) is 0.500. The van der Waals surface area contributed by atoms with Crippen LogP contribution in [0.2, 0.25) is 0 Å². The number of methoxy groups -OCH3 is 2. The summed E-state index contributed by atoms with van der Waals surface area (Å²) in [5.41, 5.74) is 1.66. The van der Waals surface area contributed by atoms with Gasteiger partial charge in [-0.3, -0.25) is 10.00 Å². The minimum Gasteiger partial charge on any atom is -0.496 e. The SMILES string of the molecule is COCc1nc([C@@H]2CCCCN2Cc2cc(C#N)ccc2OC)n[nH]1. The van der Waals surface area contributed by atoms with Gasteiger partial charge in [0.2, 0.25) is 0 Å². The number of nitrogens with one attached hydrogen (secondary N) is 1. The van der Waals surface area contributed by atoms with Crippen LogP contribution in [0.5, 0.6) is 5.75 Å². The fourth-order valence-electron chi connectivity index (χ4n) is 3.32. The van der Waals surface area contributed by atoms with E-state index in [2.05, 4.69) is 26.2 Å². The van der Waals surface area contributed by atoms with Crippen LogP contribution in [0.3, 0.4) is 0 Å². The summed E-state index contributed by atoms with van der Waals surface area (Å²) in [6, 6.07) is 7.90. The Morgan fingerprint density at radius 3 is 3.00 bits per heavy atom. The van der Waals surface area contributed by atoms with E-state index in [9.17, 15) is 5.26 Å². The Hall–Kier alpha value is -2.43. The molecule has 1 N–H and O–H groups in total. The molecule has 1 aliphatic heterocycles. The summed E-state index contributed by atoms with van der Waals surface area (Å²) < 4.78 is 10.6. The number of ether oxygens (including phenoxy) is 2. The molecule has 1 aromatic carbocycles. The number of rotatable bonds is 6. The lowest BCUT2D eigenvalue weighted by atomic mass is 10.00. The number of benzene rings is 1. The summed E-state index contributed by atoms with van der Waals surface area (Å²) in [7, 11) is 3.30. The average molecular weight is 341 g/mol. The molecule has 25 heavy (non-hydrogen) atoms. The first-order valence-electron chi connectivity index (χ1n) is 8.46. The Balaban J connectivity index is 1.83. The highest BCUT2D eigenvalue weighted by atomic mass is 16.5. The maximum absolute atomic E-state index is 9.17. The van der Waals surface area contributed by atoms with Gasteiger partial charge in [0.15, 0.2) is 11.6 Å². The van der Waals surface area contributed by atoms with Crippen LogP contribution in [0.25, 0.3) is 0 Å². The number of aromatic nitrogens is 3. The van der Waals surface area contributed by atoms with E-state index in [0.717, 1.165) is 48.8 Å². The number of aromatic amines is 1. The van der Waals surface area contributed by atoms with Crippen molar-refractivity contribution < 1.29 is 9.47 Å². The first-order chi connectivity index (χ1) is 12.2. The van der Waals surface area contributed by atoms with Gasteiger partial charge in [0.05, 0.1) is 24.8 Å². The van der Waals surface area contributed by atoms with Crippen molar-refractivity contribution in [1.82, 2.24) is 20.1 Å². The smallest absolute Gasteiger partial charge is 0.167 e. The molecule has 132 valence electrons. The van der Waals surface area contributed by atoms with Crippen LogP contribution in [0, 0.1) is 11.3 Å². The first kappa shape index (κ1) is 17.4. The van der Waals surface area contributed by atoms with E-state index in [0.29, 0.717) is 18.7 Å². The van der Waals surface area contributed by atoms with Gasteiger partial charge < -0.3 is 9.47 Å². The Labute approximate surface area is 147 Å². The van der Waals surface area contributed by atoms with Gasteiger partial charge in [-0.15, -0.1) is 0 Å². The first-order valence-corrected chi connectivity index (χ1v) is 8.46. The molecule has 0 saturated carbocycles. The lowest BCUT2D eigenvalue weighted by Gasteiger charge is -2.34. The number of H-pyrrole nitrogens is 1. The maximum Gasteiger partial charge on any atom is 0.167 e. The Kier molecular flexibility index (Phi) is 5.64. The van der Waals surface area contributed by atoms with Gasteiger partial charge in [0.25, 0.3) is 0 Å². The van der Waals surface area contributed by atoms with Crippen LogP contribution in [0.15, 0.2) is 18.2 Å². The summed E-state index contributed by atoms with van der Waals surface area (Å²) in [5, 5.41) is 16.5. The van der Waals surface area contributed by atoms with Crippen LogP contribution in [-0.2, 0) is 17.9 Å². The third kappa shape index (κ3) is 3.98. The molecular formula is C18H23N5O2. The van der Waals surface area contributed by atoms with Gasteiger partial charge >= 0.3 is 0 Å². The van der Waals surface area contributed by atoms with Gasteiger partial charge in [-0.2, -0.15) is 10.4 Å². The standard InChI is InChI=1S/C18H23N5O2/c1-24-12-17-20-18(22-21-17)15-5-3-4-8-23(15)11-14-9-13(10-19)6-7-16(14)25-2/h6-7,9,15H,3-5,8,11-12H2,1-2H3,(H,20,21,22)/t15-/m0/s1. The molecule has 1 fully saturated rings. The Bertz CT molecular complexity index is 752. The van der Waals surface area contributed by atoms with Gasteiger partial charge in [0.1, 0.15) is 12.4 Å². The largest absolute Gasteiger partial charge is 0.496 e. The van der Waals surface area contributed by atoms with Crippen LogP contribution in [-0.4, -0.2) is 40.8 Å². The summed E-state index contributed by atoms with van der Waals surface area (Å²) in [5.74, 6) is 2.35. The summed E-state index contributed by atoms with van der Waals surface area (Å²) in [4.78, 5) is 6.94. The lowest BCUT2D eigenvalue weighted by molar-refractivity contribution is 0.132. The molecule has 7 nitrogen and oxygen atoms in total. The molecular weight excluding hydrogens is 318 g/mol. The van der Waals surface area contributed by atoms with E-state index < -0.39 is 0 Å². The van der Waals surface area contributed by atoms with E-state index in [-0.39, 0.29) is 6.04 Å². The number of piperidine rings is 1. The van der Waals surface area contributed by atoms with E-state index in [1.807, 2.05) is 12.1 Å². The molecule has 2 aromatic rings. The highest BCUT2D eigenvalue weighted by Crippen LogP contribution is 2.32. The molecule has 0 unspecified atom stereocenters.